The van der Waals surface area contributed by atoms with Crippen LogP contribution in [0.25, 0.3) is 0 Å². The number of allylic oxidation sites excluding steroid dienone is 4. The summed E-state index contributed by atoms with van der Waals surface area (Å²) in [4.78, 5) is 8.01. The van der Waals surface area contributed by atoms with Gasteiger partial charge in [-0.2, -0.15) is 0 Å². The molecule has 0 saturated carbocycles. The van der Waals surface area contributed by atoms with Crippen molar-refractivity contribution >= 4 is 12.4 Å². The van der Waals surface area contributed by atoms with Crippen LogP contribution in [0.3, 0.4) is 0 Å². The number of benzene rings is 1. The summed E-state index contributed by atoms with van der Waals surface area (Å²) in [5, 5.41) is 13.3. The van der Waals surface area contributed by atoms with Crippen molar-refractivity contribution < 1.29 is 23.0 Å². The summed E-state index contributed by atoms with van der Waals surface area (Å²) < 4.78 is 40.7. The van der Waals surface area contributed by atoms with E-state index in [9.17, 15) is 18.3 Å². The molecule has 5 nitrogen and oxygen atoms in total. The number of hydrogen-bond donors (Lipinski definition) is 2. The fourth-order valence-corrected chi connectivity index (χ4v) is 2.28. The summed E-state index contributed by atoms with van der Waals surface area (Å²) in [6, 6.07) is 5.30. The normalized spacial score (nSPS) is 14.0. The predicted octanol–water partition coefficient (Wildman–Crippen LogP) is 4.58. The lowest BCUT2D eigenvalue weighted by Gasteiger charge is -2.14. The molecular weight excluding hydrogens is 395 g/mol. The van der Waals surface area contributed by atoms with Crippen molar-refractivity contribution in [1.82, 2.24) is 5.32 Å². The van der Waals surface area contributed by atoms with E-state index < -0.39 is 12.5 Å². The average Bonchev–Trinajstić information content (AvgIpc) is 2.68. The van der Waals surface area contributed by atoms with Crippen LogP contribution in [0.4, 0.5) is 13.2 Å². The Hall–Kier alpha value is -3.13. The number of aliphatic hydroxyl groups excluding tert-OH is 1. The Kier molecular flexibility index (Phi) is 9.77. The molecule has 162 valence electrons. The second kappa shape index (κ2) is 11.8. The van der Waals surface area contributed by atoms with Crippen molar-refractivity contribution in [3.8, 4) is 5.75 Å². The van der Waals surface area contributed by atoms with Crippen LogP contribution in [0, 0.1) is 0 Å². The topological polar surface area (TPSA) is 66.2 Å². The minimum Gasteiger partial charge on any atom is -0.406 e. The standard InChI is InChI=1S/C22H26F3N3O2/c1-6-16(8-7-15(2)3)20(29)14-28-21(27-5)13-19(26-4)17-9-11-18(12-10-17)30-22(23,24)25/h6-13,20,28-29H,1,5,14H2,2-4H3/b16-8+,21-13+,26-19+. The maximum atomic E-state index is 12.3. The lowest BCUT2D eigenvalue weighted by Crippen LogP contribution is -2.27. The molecule has 1 aromatic carbocycles. The maximum absolute atomic E-state index is 12.3. The number of nitrogens with zero attached hydrogens (tertiary/aromatic N) is 2. The second-order valence-electron chi connectivity index (χ2n) is 6.38. The van der Waals surface area contributed by atoms with Crippen LogP contribution in [0.15, 0.2) is 82.1 Å². The Balaban J connectivity index is 2.91. The SMILES string of the molecule is C=C/C(=C\C=C(C)C)C(O)CN/C(=C/C(=N\C)c1ccc(OC(F)(F)F)cc1)N=C. The molecular formula is C22H26F3N3O2. The van der Waals surface area contributed by atoms with Crippen LogP contribution in [0.5, 0.6) is 5.75 Å². The average molecular weight is 421 g/mol. The van der Waals surface area contributed by atoms with Crippen molar-refractivity contribution in [1.29, 1.82) is 0 Å². The Morgan fingerprint density at radius 1 is 1.23 bits per heavy atom. The number of nitrogens with one attached hydrogen (secondary N) is 1. The zero-order valence-electron chi connectivity index (χ0n) is 17.2. The van der Waals surface area contributed by atoms with Crippen LogP contribution in [0.1, 0.15) is 19.4 Å². The van der Waals surface area contributed by atoms with Crippen LogP contribution in [-0.2, 0) is 0 Å². The molecule has 0 aliphatic heterocycles. The molecule has 1 unspecified atom stereocenters. The van der Waals surface area contributed by atoms with E-state index in [1.54, 1.807) is 25.3 Å². The molecule has 0 bridgehead atoms. The highest BCUT2D eigenvalue weighted by atomic mass is 19.4. The quantitative estimate of drug-likeness (QED) is 0.429. The highest BCUT2D eigenvalue weighted by Crippen LogP contribution is 2.23. The molecule has 0 radical (unpaired) electrons. The summed E-state index contributed by atoms with van der Waals surface area (Å²) in [6.45, 7) is 11.2. The molecule has 0 heterocycles. The summed E-state index contributed by atoms with van der Waals surface area (Å²) in [5.41, 5.74) is 2.74. The highest BCUT2D eigenvalue weighted by Gasteiger charge is 2.31. The monoisotopic (exact) mass is 421 g/mol. The number of aliphatic imine (C=N–C) groups is 2. The molecule has 2 N–H and O–H groups in total. The van der Waals surface area contributed by atoms with Gasteiger partial charge in [-0.05, 0) is 50.4 Å². The van der Waals surface area contributed by atoms with Gasteiger partial charge in [0.05, 0.1) is 11.8 Å². The smallest absolute Gasteiger partial charge is 0.406 e. The minimum atomic E-state index is -4.75. The first kappa shape index (κ1) is 24.9. The second-order valence-corrected chi connectivity index (χ2v) is 6.38. The third kappa shape index (κ3) is 8.91. The number of aliphatic hydroxyl groups is 1. The van der Waals surface area contributed by atoms with E-state index in [2.05, 4.69) is 33.3 Å². The van der Waals surface area contributed by atoms with E-state index in [-0.39, 0.29) is 12.3 Å². The van der Waals surface area contributed by atoms with Gasteiger partial charge in [0.2, 0.25) is 0 Å². The van der Waals surface area contributed by atoms with Gasteiger partial charge in [-0.1, -0.05) is 30.4 Å². The lowest BCUT2D eigenvalue weighted by atomic mass is 10.1. The zero-order chi connectivity index (χ0) is 22.7. The molecule has 1 aromatic rings. The fraction of sp³-hybridized carbons (Fsp3) is 0.273. The summed E-state index contributed by atoms with van der Waals surface area (Å²) >= 11 is 0. The largest absolute Gasteiger partial charge is 0.573 e. The molecule has 1 rings (SSSR count). The molecule has 0 fully saturated rings. The van der Waals surface area contributed by atoms with Crippen molar-refractivity contribution in [3.63, 3.8) is 0 Å². The lowest BCUT2D eigenvalue weighted by molar-refractivity contribution is -0.274. The minimum absolute atomic E-state index is 0.147. The van der Waals surface area contributed by atoms with Crippen molar-refractivity contribution in [2.24, 2.45) is 9.98 Å². The fourth-order valence-electron chi connectivity index (χ4n) is 2.28. The first-order valence-electron chi connectivity index (χ1n) is 9.00. The zero-order valence-corrected chi connectivity index (χ0v) is 17.2. The maximum Gasteiger partial charge on any atom is 0.573 e. The molecule has 0 spiro atoms. The van der Waals surface area contributed by atoms with Gasteiger partial charge in [-0.15, -0.1) is 13.2 Å². The third-order valence-corrected chi connectivity index (χ3v) is 3.77. The van der Waals surface area contributed by atoms with Gasteiger partial charge in [0.25, 0.3) is 0 Å². The Labute approximate surface area is 174 Å². The van der Waals surface area contributed by atoms with Gasteiger partial charge in [-0.25, -0.2) is 4.99 Å². The van der Waals surface area contributed by atoms with E-state index >= 15 is 0 Å². The van der Waals surface area contributed by atoms with Gasteiger partial charge in [0.1, 0.15) is 11.6 Å². The van der Waals surface area contributed by atoms with E-state index in [1.807, 2.05) is 19.9 Å². The van der Waals surface area contributed by atoms with Gasteiger partial charge in [0, 0.05) is 25.2 Å². The number of rotatable bonds is 10. The Morgan fingerprint density at radius 3 is 2.33 bits per heavy atom. The molecule has 0 aliphatic rings. The Morgan fingerprint density at radius 2 is 1.87 bits per heavy atom. The molecule has 0 amide bonds. The van der Waals surface area contributed by atoms with E-state index in [1.165, 1.54) is 24.3 Å². The molecule has 8 heteroatoms. The van der Waals surface area contributed by atoms with Gasteiger partial charge >= 0.3 is 6.36 Å². The van der Waals surface area contributed by atoms with Gasteiger partial charge < -0.3 is 15.2 Å². The van der Waals surface area contributed by atoms with Crippen molar-refractivity contribution in [2.45, 2.75) is 26.3 Å². The van der Waals surface area contributed by atoms with E-state index in [4.69, 9.17) is 0 Å². The molecule has 30 heavy (non-hydrogen) atoms. The number of alkyl halides is 3. The van der Waals surface area contributed by atoms with E-state index in [0.29, 0.717) is 22.7 Å². The molecule has 1 atom stereocenters. The van der Waals surface area contributed by atoms with Crippen molar-refractivity contribution in [3.05, 3.63) is 77.7 Å². The number of hydrogen-bond acceptors (Lipinski definition) is 5. The van der Waals surface area contributed by atoms with Crippen LogP contribution < -0.4 is 10.1 Å². The summed E-state index contributed by atoms with van der Waals surface area (Å²) in [5.74, 6) is 0.0185. The van der Waals surface area contributed by atoms with E-state index in [0.717, 1.165) is 5.57 Å². The highest BCUT2D eigenvalue weighted by molar-refractivity contribution is 6.09. The number of halogens is 3. The number of ether oxygens (including phenoxy) is 1. The first-order chi connectivity index (χ1) is 14.1. The van der Waals surface area contributed by atoms with Crippen molar-refractivity contribution in [2.75, 3.05) is 13.6 Å². The third-order valence-electron chi connectivity index (χ3n) is 3.77. The van der Waals surface area contributed by atoms with Gasteiger partial charge in [0.15, 0.2) is 0 Å². The predicted molar refractivity (Wildman–Crippen MR) is 115 cm³/mol. The first-order valence-corrected chi connectivity index (χ1v) is 9.00. The molecule has 0 aromatic heterocycles. The van der Waals surface area contributed by atoms with Crippen LogP contribution >= 0.6 is 0 Å². The summed E-state index contributed by atoms with van der Waals surface area (Å²) in [7, 11) is 1.54. The molecule has 0 aliphatic carbocycles. The van der Waals surface area contributed by atoms with Crippen LogP contribution in [0.2, 0.25) is 0 Å². The molecule has 0 saturated heterocycles. The van der Waals surface area contributed by atoms with Gasteiger partial charge in [-0.3, -0.25) is 4.99 Å². The van der Waals surface area contributed by atoms with Crippen LogP contribution in [-0.4, -0.2) is 43.6 Å². The summed E-state index contributed by atoms with van der Waals surface area (Å²) in [6.07, 6.45) is 1.22. The Bertz CT molecular complexity index is 847.